The minimum absolute atomic E-state index is 0.00187. The Balaban J connectivity index is 1.71. The van der Waals surface area contributed by atoms with Gasteiger partial charge in [-0.15, -0.1) is 11.3 Å². The van der Waals surface area contributed by atoms with Gasteiger partial charge >= 0.3 is 11.8 Å². The van der Waals surface area contributed by atoms with E-state index in [0.717, 1.165) is 42.0 Å². The fourth-order valence-electron chi connectivity index (χ4n) is 3.14. The van der Waals surface area contributed by atoms with Crippen LogP contribution in [0.15, 0.2) is 38.9 Å². The monoisotopic (exact) mass is 395 g/mol. The molecule has 5 nitrogen and oxygen atoms in total. The highest BCUT2D eigenvalue weighted by Gasteiger charge is 2.34. The number of hydrogen-bond acceptors (Lipinski definition) is 6. The van der Waals surface area contributed by atoms with Gasteiger partial charge in [-0.3, -0.25) is 0 Å². The van der Waals surface area contributed by atoms with Crippen LogP contribution in [0.25, 0.3) is 21.5 Å². The third kappa shape index (κ3) is 3.57. The van der Waals surface area contributed by atoms with E-state index in [2.05, 4.69) is 22.1 Å². The van der Waals surface area contributed by atoms with Crippen LogP contribution in [-0.2, 0) is 6.18 Å². The van der Waals surface area contributed by atoms with E-state index in [1.54, 1.807) is 6.07 Å². The zero-order chi connectivity index (χ0) is 19.2. The summed E-state index contributed by atoms with van der Waals surface area (Å²) in [6.45, 7) is 4.65. The highest BCUT2D eigenvalue weighted by atomic mass is 32.1. The molecule has 0 aliphatic carbocycles. The number of piperazine rings is 1. The predicted molar refractivity (Wildman–Crippen MR) is 98.3 cm³/mol. The zero-order valence-electron chi connectivity index (χ0n) is 14.3. The molecule has 4 rings (SSSR count). The van der Waals surface area contributed by atoms with Gasteiger partial charge in [-0.05, 0) is 25.1 Å². The van der Waals surface area contributed by atoms with Gasteiger partial charge in [-0.25, -0.2) is 9.78 Å². The first-order valence-corrected chi connectivity index (χ1v) is 9.28. The number of nitrogens with zero attached hydrogens (tertiary/aromatic N) is 2. The molecule has 1 fully saturated rings. The fraction of sp³-hybridized carbons (Fsp3) is 0.333. The van der Waals surface area contributed by atoms with Gasteiger partial charge in [0.1, 0.15) is 10.6 Å². The maximum absolute atomic E-state index is 12.8. The average Bonchev–Trinajstić information content (AvgIpc) is 3.11. The Bertz CT molecular complexity index is 1040. The highest BCUT2D eigenvalue weighted by molar-refractivity contribution is 7.13. The molecule has 0 saturated carbocycles. The van der Waals surface area contributed by atoms with Gasteiger partial charge in [-0.2, -0.15) is 13.2 Å². The van der Waals surface area contributed by atoms with Crippen LogP contribution in [0.4, 0.5) is 18.9 Å². The third-order valence-corrected chi connectivity index (χ3v) is 5.35. The highest BCUT2D eigenvalue weighted by Crippen LogP contribution is 2.33. The van der Waals surface area contributed by atoms with Gasteiger partial charge in [0.25, 0.3) is 0 Å². The number of aromatic nitrogens is 1. The summed E-state index contributed by atoms with van der Waals surface area (Å²) in [5.74, 6) is 0. The maximum Gasteiger partial charge on any atom is 0.434 e. The molecule has 0 unspecified atom stereocenters. The van der Waals surface area contributed by atoms with Crippen LogP contribution < -0.4 is 15.8 Å². The number of halogens is 3. The van der Waals surface area contributed by atoms with Crippen molar-refractivity contribution in [3.05, 3.63) is 45.8 Å². The number of rotatable bonds is 2. The van der Waals surface area contributed by atoms with Gasteiger partial charge in [0.05, 0.1) is 5.56 Å². The smallest absolute Gasteiger partial charge is 0.422 e. The van der Waals surface area contributed by atoms with Crippen LogP contribution in [0.2, 0.25) is 0 Å². The fourth-order valence-corrected chi connectivity index (χ4v) is 3.97. The lowest BCUT2D eigenvalue weighted by Crippen LogP contribution is -2.49. The number of benzene rings is 1. The standard InChI is InChI=1S/C18H16F3N3O2S/c1-10-8-24(5-4-22-10)12-3-2-11-6-13(17(25)26-14(11)7-12)16-23-15(9-27-16)18(19,20)21/h2-3,6-7,9-10,22H,4-5,8H2,1H3/t10-/m1/s1. The second-order valence-electron chi connectivity index (χ2n) is 6.51. The molecule has 1 atom stereocenters. The van der Waals surface area contributed by atoms with Crippen molar-refractivity contribution in [3.8, 4) is 10.6 Å². The Morgan fingerprint density at radius 2 is 2.15 bits per heavy atom. The SMILES string of the molecule is C[C@@H]1CN(c2ccc3cc(-c4nc(C(F)(F)F)cs4)c(=O)oc3c2)CCN1. The van der Waals surface area contributed by atoms with Gasteiger partial charge in [0, 0.05) is 48.2 Å². The van der Waals surface area contributed by atoms with Crippen molar-refractivity contribution >= 4 is 28.0 Å². The molecule has 1 aliphatic heterocycles. The first kappa shape index (κ1) is 18.0. The molecule has 0 amide bonds. The maximum atomic E-state index is 12.8. The van der Waals surface area contributed by atoms with Crippen molar-refractivity contribution < 1.29 is 17.6 Å². The van der Waals surface area contributed by atoms with Crippen LogP contribution in [0.5, 0.6) is 0 Å². The second-order valence-corrected chi connectivity index (χ2v) is 7.36. The molecule has 142 valence electrons. The molecule has 3 aromatic rings. The normalized spacial score (nSPS) is 18.2. The molecule has 27 heavy (non-hydrogen) atoms. The predicted octanol–water partition coefficient (Wildman–Crippen LogP) is 3.73. The third-order valence-electron chi connectivity index (χ3n) is 4.48. The van der Waals surface area contributed by atoms with Crippen LogP contribution in [0.1, 0.15) is 12.6 Å². The van der Waals surface area contributed by atoms with Crippen molar-refractivity contribution in [1.82, 2.24) is 10.3 Å². The minimum Gasteiger partial charge on any atom is -0.422 e. The number of alkyl halides is 3. The molecule has 3 heterocycles. The van der Waals surface area contributed by atoms with E-state index in [4.69, 9.17) is 4.42 Å². The first-order chi connectivity index (χ1) is 12.8. The Morgan fingerprint density at radius 3 is 2.85 bits per heavy atom. The van der Waals surface area contributed by atoms with E-state index < -0.39 is 17.5 Å². The summed E-state index contributed by atoms with van der Waals surface area (Å²) in [6.07, 6.45) is -4.54. The Morgan fingerprint density at radius 1 is 1.33 bits per heavy atom. The van der Waals surface area contributed by atoms with Crippen LogP contribution in [-0.4, -0.2) is 30.7 Å². The molecule has 1 saturated heterocycles. The summed E-state index contributed by atoms with van der Waals surface area (Å²) in [7, 11) is 0. The lowest BCUT2D eigenvalue weighted by Gasteiger charge is -2.33. The largest absolute Gasteiger partial charge is 0.434 e. The molecule has 1 aromatic carbocycles. The minimum atomic E-state index is -4.54. The molecule has 2 aromatic heterocycles. The van der Waals surface area contributed by atoms with Crippen LogP contribution >= 0.6 is 11.3 Å². The van der Waals surface area contributed by atoms with E-state index in [-0.39, 0.29) is 10.6 Å². The molecule has 1 aliphatic rings. The number of anilines is 1. The molecule has 0 spiro atoms. The van der Waals surface area contributed by atoms with Gasteiger partial charge in [0.15, 0.2) is 5.69 Å². The Kier molecular flexibility index (Phi) is 4.43. The van der Waals surface area contributed by atoms with Crippen molar-refractivity contribution in [1.29, 1.82) is 0 Å². The molecule has 1 N–H and O–H groups in total. The quantitative estimate of drug-likeness (QED) is 0.670. The second kappa shape index (κ2) is 6.65. The average molecular weight is 395 g/mol. The Labute approximate surface area is 156 Å². The van der Waals surface area contributed by atoms with E-state index in [1.807, 2.05) is 12.1 Å². The molecular formula is C18H16F3N3O2S. The van der Waals surface area contributed by atoms with Gasteiger partial charge in [0.2, 0.25) is 0 Å². The van der Waals surface area contributed by atoms with Crippen molar-refractivity contribution in [2.75, 3.05) is 24.5 Å². The summed E-state index contributed by atoms with van der Waals surface area (Å²) < 4.78 is 43.6. The number of nitrogens with one attached hydrogen (secondary N) is 1. The van der Waals surface area contributed by atoms with Crippen molar-refractivity contribution in [2.45, 2.75) is 19.1 Å². The zero-order valence-corrected chi connectivity index (χ0v) is 15.2. The number of fused-ring (bicyclic) bond motifs is 1. The van der Waals surface area contributed by atoms with E-state index >= 15 is 0 Å². The summed E-state index contributed by atoms with van der Waals surface area (Å²) in [5, 5.41) is 4.90. The Hall–Kier alpha value is -2.39. The van der Waals surface area contributed by atoms with Crippen molar-refractivity contribution in [2.24, 2.45) is 0 Å². The topological polar surface area (TPSA) is 58.4 Å². The number of thiazole rings is 1. The van der Waals surface area contributed by atoms with E-state index in [0.29, 0.717) is 17.0 Å². The lowest BCUT2D eigenvalue weighted by molar-refractivity contribution is -0.140. The van der Waals surface area contributed by atoms with Gasteiger partial charge < -0.3 is 14.6 Å². The first-order valence-electron chi connectivity index (χ1n) is 8.40. The van der Waals surface area contributed by atoms with Gasteiger partial charge in [-0.1, -0.05) is 0 Å². The molecular weight excluding hydrogens is 379 g/mol. The summed E-state index contributed by atoms with van der Waals surface area (Å²) >= 11 is 0.772. The summed E-state index contributed by atoms with van der Waals surface area (Å²) in [6, 6.07) is 7.41. The van der Waals surface area contributed by atoms with Crippen molar-refractivity contribution in [3.63, 3.8) is 0 Å². The van der Waals surface area contributed by atoms with Crippen LogP contribution in [0.3, 0.4) is 0 Å². The molecule has 0 radical (unpaired) electrons. The molecule has 9 heteroatoms. The van der Waals surface area contributed by atoms with E-state index in [1.165, 1.54) is 6.07 Å². The van der Waals surface area contributed by atoms with E-state index in [9.17, 15) is 18.0 Å². The summed E-state index contributed by atoms with van der Waals surface area (Å²) in [5.41, 5.74) is -0.325. The van der Waals surface area contributed by atoms with Crippen LogP contribution in [0, 0.1) is 0 Å². The number of hydrogen-bond donors (Lipinski definition) is 1. The summed E-state index contributed by atoms with van der Waals surface area (Å²) in [4.78, 5) is 18.1. The lowest BCUT2D eigenvalue weighted by atomic mass is 10.1. The molecule has 0 bridgehead atoms.